The van der Waals surface area contributed by atoms with E-state index in [1.165, 1.54) is 17.5 Å². The summed E-state index contributed by atoms with van der Waals surface area (Å²) in [5.41, 5.74) is 0.958. The van der Waals surface area contributed by atoms with Gasteiger partial charge in [-0.3, -0.25) is 19.5 Å². The number of thiophene rings is 1. The number of anilines is 2. The number of hydrogen-bond acceptors (Lipinski definition) is 5. The van der Waals surface area contributed by atoms with Crippen LogP contribution in [-0.2, 0) is 4.79 Å². The zero-order valence-electron chi connectivity index (χ0n) is 20.0. The van der Waals surface area contributed by atoms with Gasteiger partial charge in [-0.05, 0) is 49.2 Å². The van der Waals surface area contributed by atoms with Gasteiger partial charge in [0.25, 0.3) is 11.8 Å². The van der Waals surface area contributed by atoms with Crippen molar-refractivity contribution in [3.05, 3.63) is 89.4 Å². The quantitative estimate of drug-likeness (QED) is 0.238. The number of carbonyl (C=O) groups excluding carboxylic acids is 2. The van der Waals surface area contributed by atoms with Crippen LogP contribution < -0.4 is 10.6 Å². The van der Waals surface area contributed by atoms with E-state index in [0.717, 1.165) is 33.3 Å². The van der Waals surface area contributed by atoms with Crippen molar-refractivity contribution in [2.45, 2.75) is 19.0 Å². The summed E-state index contributed by atoms with van der Waals surface area (Å²) in [7, 11) is 0. The molecule has 0 spiro atoms. The number of allylic oxidation sites excluding steroid dienone is 3. The number of nitrogens with zero attached hydrogens (tertiary/aromatic N) is 3. The van der Waals surface area contributed by atoms with Crippen LogP contribution in [0.5, 0.6) is 0 Å². The number of aromatic amines is 1. The smallest absolute Gasteiger partial charge is 0.346 e. The Morgan fingerprint density at radius 3 is 2.79 bits per heavy atom. The molecule has 0 unspecified atom stereocenters. The molecule has 196 valence electrons. The van der Waals surface area contributed by atoms with Crippen molar-refractivity contribution < 1.29 is 22.8 Å². The number of carbonyl (C=O) groups is 2. The van der Waals surface area contributed by atoms with Crippen molar-refractivity contribution in [2.24, 2.45) is 0 Å². The Balaban J connectivity index is 1.21. The average Bonchev–Trinajstić information content (AvgIpc) is 3.67. The highest BCUT2D eigenvalue weighted by Crippen LogP contribution is 2.33. The second-order valence-corrected chi connectivity index (χ2v) is 9.89. The summed E-state index contributed by atoms with van der Waals surface area (Å²) in [4.78, 5) is 38.0. The molecule has 0 fully saturated rings. The Hall–Kier alpha value is -4.71. The van der Waals surface area contributed by atoms with Crippen molar-refractivity contribution in [3.63, 3.8) is 0 Å². The molecule has 8 nitrogen and oxygen atoms in total. The maximum Gasteiger partial charge on any atom is 0.416 e. The molecule has 4 aromatic heterocycles. The minimum atomic E-state index is -4.50. The van der Waals surface area contributed by atoms with E-state index in [0.29, 0.717) is 16.3 Å². The van der Waals surface area contributed by atoms with E-state index in [1.807, 2.05) is 6.07 Å². The largest absolute Gasteiger partial charge is 0.416 e. The topological polar surface area (TPSA) is 105 Å². The molecule has 0 aliphatic heterocycles. The van der Waals surface area contributed by atoms with E-state index in [1.54, 1.807) is 53.5 Å². The fourth-order valence-electron chi connectivity index (χ4n) is 4.40. The lowest BCUT2D eigenvalue weighted by Gasteiger charge is -2.16. The maximum atomic E-state index is 13.1. The number of benzene rings is 1. The van der Waals surface area contributed by atoms with Crippen molar-refractivity contribution in [3.8, 4) is 5.69 Å². The van der Waals surface area contributed by atoms with Crippen LogP contribution in [0.1, 0.15) is 22.5 Å². The van der Waals surface area contributed by atoms with E-state index in [2.05, 4.69) is 25.6 Å². The van der Waals surface area contributed by atoms with Crippen LogP contribution >= 0.6 is 11.3 Å². The van der Waals surface area contributed by atoms with Gasteiger partial charge in [-0.1, -0.05) is 12.1 Å². The predicted octanol–water partition coefficient (Wildman–Crippen LogP) is 6.36. The molecular formula is C27H19F3N6O2S. The van der Waals surface area contributed by atoms with Gasteiger partial charge in [0.05, 0.1) is 16.1 Å². The Labute approximate surface area is 222 Å². The highest BCUT2D eigenvalue weighted by atomic mass is 32.1. The van der Waals surface area contributed by atoms with Crippen molar-refractivity contribution >= 4 is 55.9 Å². The minimum absolute atomic E-state index is 0.0567. The monoisotopic (exact) mass is 548 g/mol. The number of alkyl halides is 3. The summed E-state index contributed by atoms with van der Waals surface area (Å²) in [5.74, 6) is -0.674. The van der Waals surface area contributed by atoms with Gasteiger partial charge in [-0.15, -0.1) is 11.3 Å². The van der Waals surface area contributed by atoms with Gasteiger partial charge in [0, 0.05) is 51.5 Å². The number of fused-ring (bicyclic) bond motifs is 3. The molecule has 0 saturated heterocycles. The molecule has 2 amide bonds. The van der Waals surface area contributed by atoms with E-state index in [-0.39, 0.29) is 30.3 Å². The summed E-state index contributed by atoms with van der Waals surface area (Å²) < 4.78 is 41.8. The molecule has 1 aromatic carbocycles. The number of aromatic nitrogens is 4. The van der Waals surface area contributed by atoms with Crippen LogP contribution in [0.3, 0.4) is 0 Å². The number of amides is 2. The molecule has 39 heavy (non-hydrogen) atoms. The minimum Gasteiger partial charge on any atom is -0.346 e. The first-order chi connectivity index (χ1) is 18.8. The highest BCUT2D eigenvalue weighted by molar-refractivity contribution is 7.21. The number of hydrogen-bond donors (Lipinski definition) is 3. The molecule has 3 N–H and O–H groups in total. The summed E-state index contributed by atoms with van der Waals surface area (Å²) >= 11 is 1.35. The maximum absolute atomic E-state index is 13.1. The molecule has 0 bridgehead atoms. The van der Waals surface area contributed by atoms with E-state index in [9.17, 15) is 22.8 Å². The first-order valence-electron chi connectivity index (χ1n) is 11.9. The molecular weight excluding hydrogens is 529 g/mol. The number of H-pyrrole nitrogens is 1. The standard InChI is InChI=1S/C27H19F3N6O2S/c28-27(29,30)17-4-1-3-15(11-17)24(37)34-18-5-2-6-19(13-18)36-10-9-32-26(36)35-25(38)21-12-16-14-33-23-20(7-8-31-23)22(16)39-21/h2,4-14H,1,3H2,(H,31,33)(H,34,37)(H,32,35,38). The fraction of sp³-hybridized carbons (Fsp3) is 0.111. The summed E-state index contributed by atoms with van der Waals surface area (Å²) in [6.45, 7) is 0. The lowest BCUT2D eigenvalue weighted by Crippen LogP contribution is -2.19. The van der Waals surface area contributed by atoms with Gasteiger partial charge < -0.3 is 10.3 Å². The first kappa shape index (κ1) is 24.6. The Kier molecular flexibility index (Phi) is 6.03. The van der Waals surface area contributed by atoms with Gasteiger partial charge in [-0.25, -0.2) is 9.97 Å². The van der Waals surface area contributed by atoms with Gasteiger partial charge in [0.2, 0.25) is 5.95 Å². The molecule has 0 radical (unpaired) electrons. The zero-order valence-corrected chi connectivity index (χ0v) is 20.9. The molecule has 1 aliphatic carbocycles. The van der Waals surface area contributed by atoms with E-state index >= 15 is 0 Å². The van der Waals surface area contributed by atoms with Crippen LogP contribution in [0.4, 0.5) is 24.8 Å². The number of rotatable bonds is 5. The molecule has 0 atom stereocenters. The van der Waals surface area contributed by atoms with Crippen LogP contribution in [0.2, 0.25) is 0 Å². The third-order valence-electron chi connectivity index (χ3n) is 6.26. The van der Waals surface area contributed by atoms with Crippen LogP contribution in [0.25, 0.3) is 26.8 Å². The molecule has 1 aliphatic rings. The van der Waals surface area contributed by atoms with Gasteiger partial charge in [0.15, 0.2) is 0 Å². The van der Waals surface area contributed by atoms with E-state index in [4.69, 9.17) is 0 Å². The third-order valence-corrected chi connectivity index (χ3v) is 7.44. The second-order valence-electron chi connectivity index (χ2n) is 8.84. The lowest BCUT2D eigenvalue weighted by molar-refractivity contribution is -0.113. The van der Waals surface area contributed by atoms with Crippen LogP contribution in [0, 0.1) is 0 Å². The molecule has 6 rings (SSSR count). The van der Waals surface area contributed by atoms with Crippen molar-refractivity contribution in [1.82, 2.24) is 19.5 Å². The number of pyridine rings is 1. The molecule has 5 aromatic rings. The molecule has 0 saturated carbocycles. The van der Waals surface area contributed by atoms with Gasteiger partial charge >= 0.3 is 6.18 Å². The normalized spacial score (nSPS) is 13.8. The number of nitrogens with one attached hydrogen (secondary N) is 3. The molecule has 12 heteroatoms. The summed E-state index contributed by atoms with van der Waals surface area (Å²) in [5, 5.41) is 7.29. The fourth-order valence-corrected chi connectivity index (χ4v) is 5.45. The Morgan fingerprint density at radius 2 is 1.95 bits per heavy atom. The number of halogens is 3. The van der Waals surface area contributed by atoms with E-state index < -0.39 is 17.7 Å². The molecule has 4 heterocycles. The SMILES string of the molecule is O=C(Nc1cccc(-n2ccnc2NC(=O)c2cc3cnc4[nH]ccc4c3s2)c1)C1=CC(C(F)(F)F)=CCC1. The van der Waals surface area contributed by atoms with Crippen molar-refractivity contribution in [2.75, 3.05) is 10.6 Å². The average molecular weight is 549 g/mol. The first-order valence-corrected chi connectivity index (χ1v) is 12.7. The Bertz CT molecular complexity index is 1810. The Morgan fingerprint density at radius 1 is 1.08 bits per heavy atom. The zero-order chi connectivity index (χ0) is 27.1. The second kappa shape index (κ2) is 9.55. The van der Waals surface area contributed by atoms with Crippen LogP contribution in [-0.4, -0.2) is 37.5 Å². The lowest BCUT2D eigenvalue weighted by atomic mass is 9.98. The summed E-state index contributed by atoms with van der Waals surface area (Å²) in [6.07, 6.45) is 4.51. The highest BCUT2D eigenvalue weighted by Gasteiger charge is 2.34. The third kappa shape index (κ3) is 4.81. The summed E-state index contributed by atoms with van der Waals surface area (Å²) in [6, 6.07) is 10.4. The number of imidazole rings is 1. The van der Waals surface area contributed by atoms with Crippen LogP contribution in [0.15, 0.2) is 84.5 Å². The van der Waals surface area contributed by atoms with Crippen molar-refractivity contribution in [1.29, 1.82) is 0 Å². The predicted molar refractivity (Wildman–Crippen MR) is 143 cm³/mol. The van der Waals surface area contributed by atoms with Gasteiger partial charge in [0.1, 0.15) is 5.65 Å². The van der Waals surface area contributed by atoms with Gasteiger partial charge in [-0.2, -0.15) is 13.2 Å².